The second kappa shape index (κ2) is 9.65. The number of sulfonamides is 1. The Hall–Kier alpha value is -2.66. The van der Waals surface area contributed by atoms with Crippen LogP contribution in [0, 0.1) is 0 Å². The molecule has 0 saturated carbocycles. The van der Waals surface area contributed by atoms with Gasteiger partial charge in [0, 0.05) is 55.0 Å². The molecule has 0 radical (unpaired) electrons. The van der Waals surface area contributed by atoms with Gasteiger partial charge in [-0.15, -0.1) is 11.3 Å². The molecule has 10 heteroatoms. The second-order valence-corrected chi connectivity index (χ2v) is 9.72. The number of nitrogens with zero attached hydrogens (tertiary/aromatic N) is 3. The van der Waals surface area contributed by atoms with Crippen LogP contribution in [0.15, 0.2) is 59.1 Å². The van der Waals surface area contributed by atoms with E-state index >= 15 is 0 Å². The number of carbonyl (C=O) groups excluding carboxylic acids is 1. The standard InChI is InChI=1S/C21H22N4O4S2/c26-20(23-10-7-18-15-30-21(24-18)17-5-8-22-9-6-17)16-1-3-19(4-2-16)31(27,28)25-11-13-29-14-12-25/h1-6,8-9,15H,7,10-14H2,(H,23,26). The maximum absolute atomic E-state index is 12.7. The van der Waals surface area contributed by atoms with Crippen molar-refractivity contribution in [3.8, 4) is 10.6 Å². The molecule has 1 aliphatic heterocycles. The Balaban J connectivity index is 1.31. The molecule has 0 atom stereocenters. The van der Waals surface area contributed by atoms with Crippen LogP contribution in [-0.2, 0) is 21.2 Å². The first-order valence-electron chi connectivity index (χ1n) is 9.85. The van der Waals surface area contributed by atoms with Crippen LogP contribution in [0.4, 0.5) is 0 Å². The molecule has 1 aliphatic rings. The van der Waals surface area contributed by atoms with Crippen LogP contribution in [0.5, 0.6) is 0 Å². The number of carbonyl (C=O) groups is 1. The lowest BCUT2D eigenvalue weighted by Gasteiger charge is -2.26. The Morgan fingerprint density at radius 3 is 2.52 bits per heavy atom. The number of thiazole rings is 1. The van der Waals surface area contributed by atoms with Gasteiger partial charge in [-0.2, -0.15) is 4.31 Å². The van der Waals surface area contributed by atoms with Crippen molar-refractivity contribution in [1.82, 2.24) is 19.6 Å². The summed E-state index contributed by atoms with van der Waals surface area (Å²) >= 11 is 1.55. The third-order valence-corrected chi connectivity index (χ3v) is 7.72. The normalized spacial score (nSPS) is 15.0. The molecule has 1 fully saturated rings. The second-order valence-electron chi connectivity index (χ2n) is 6.93. The Morgan fingerprint density at radius 2 is 1.81 bits per heavy atom. The lowest BCUT2D eigenvalue weighted by molar-refractivity contribution is 0.0730. The molecule has 4 rings (SSSR count). The van der Waals surface area contributed by atoms with Crippen molar-refractivity contribution in [3.05, 3.63) is 65.4 Å². The zero-order chi connectivity index (χ0) is 21.7. The molecule has 8 nitrogen and oxygen atoms in total. The molecule has 1 aromatic carbocycles. The van der Waals surface area contributed by atoms with Gasteiger partial charge in [-0.3, -0.25) is 9.78 Å². The van der Waals surface area contributed by atoms with Crippen LogP contribution in [0.2, 0.25) is 0 Å². The molecule has 162 valence electrons. The van der Waals surface area contributed by atoms with Crippen LogP contribution in [0.3, 0.4) is 0 Å². The molecule has 0 aliphatic carbocycles. The first-order chi connectivity index (χ1) is 15.0. The van der Waals surface area contributed by atoms with Gasteiger partial charge in [-0.05, 0) is 36.4 Å². The Labute approximate surface area is 185 Å². The van der Waals surface area contributed by atoms with E-state index in [0.29, 0.717) is 44.8 Å². The summed E-state index contributed by atoms with van der Waals surface area (Å²) in [5.41, 5.74) is 2.34. The Morgan fingerprint density at radius 1 is 1.10 bits per heavy atom. The highest BCUT2D eigenvalue weighted by Crippen LogP contribution is 2.23. The van der Waals surface area contributed by atoms with Crippen LogP contribution in [-0.4, -0.2) is 61.4 Å². The maximum Gasteiger partial charge on any atom is 0.251 e. The molecule has 1 amide bonds. The highest BCUT2D eigenvalue weighted by molar-refractivity contribution is 7.89. The van der Waals surface area contributed by atoms with Gasteiger partial charge in [0.15, 0.2) is 0 Å². The van der Waals surface area contributed by atoms with E-state index in [1.165, 1.54) is 28.6 Å². The summed E-state index contributed by atoms with van der Waals surface area (Å²) in [5, 5.41) is 5.75. The van der Waals surface area contributed by atoms with Crippen molar-refractivity contribution in [2.75, 3.05) is 32.8 Å². The number of benzene rings is 1. The van der Waals surface area contributed by atoms with Gasteiger partial charge in [-0.25, -0.2) is 13.4 Å². The molecule has 1 saturated heterocycles. The highest BCUT2D eigenvalue weighted by atomic mass is 32.2. The fourth-order valence-corrected chi connectivity index (χ4v) is 5.44. The molecule has 3 heterocycles. The average molecular weight is 459 g/mol. The predicted molar refractivity (Wildman–Crippen MR) is 117 cm³/mol. The SMILES string of the molecule is O=C(NCCc1csc(-c2ccncc2)n1)c1ccc(S(=O)(=O)N2CCOCC2)cc1. The monoisotopic (exact) mass is 458 g/mol. The summed E-state index contributed by atoms with van der Waals surface area (Å²) in [4.78, 5) is 21.2. The molecular formula is C21H22N4O4S2. The molecule has 2 aromatic heterocycles. The molecule has 0 bridgehead atoms. The van der Waals surface area contributed by atoms with E-state index in [1.54, 1.807) is 23.7 Å². The van der Waals surface area contributed by atoms with Gasteiger partial charge in [0.2, 0.25) is 10.0 Å². The summed E-state index contributed by atoms with van der Waals surface area (Å²) in [6.07, 6.45) is 4.07. The Bertz CT molecular complexity index is 1130. The minimum atomic E-state index is -3.57. The summed E-state index contributed by atoms with van der Waals surface area (Å²) < 4.78 is 31.9. The zero-order valence-electron chi connectivity index (χ0n) is 16.7. The van der Waals surface area contributed by atoms with Gasteiger partial charge in [0.05, 0.1) is 23.8 Å². The van der Waals surface area contributed by atoms with Crippen LogP contribution in [0.25, 0.3) is 10.6 Å². The number of hydrogen-bond donors (Lipinski definition) is 1. The largest absolute Gasteiger partial charge is 0.379 e. The maximum atomic E-state index is 12.7. The van der Waals surface area contributed by atoms with Crippen molar-refractivity contribution >= 4 is 27.3 Å². The smallest absolute Gasteiger partial charge is 0.251 e. The van der Waals surface area contributed by atoms with Gasteiger partial charge in [-0.1, -0.05) is 0 Å². The lowest BCUT2D eigenvalue weighted by atomic mass is 10.2. The van der Waals surface area contributed by atoms with Crippen LogP contribution in [0.1, 0.15) is 16.1 Å². The number of aromatic nitrogens is 2. The molecule has 0 unspecified atom stereocenters. The van der Waals surface area contributed by atoms with E-state index < -0.39 is 10.0 Å². The first kappa shape index (κ1) is 21.6. The number of amides is 1. The Kier molecular flexibility index (Phi) is 6.71. The highest BCUT2D eigenvalue weighted by Gasteiger charge is 2.26. The number of pyridine rings is 1. The summed E-state index contributed by atoms with van der Waals surface area (Å²) in [6.45, 7) is 1.89. The minimum Gasteiger partial charge on any atom is -0.379 e. The van der Waals surface area contributed by atoms with Gasteiger partial charge in [0.1, 0.15) is 5.01 Å². The third kappa shape index (κ3) is 5.16. The van der Waals surface area contributed by atoms with E-state index in [1.807, 2.05) is 17.5 Å². The van der Waals surface area contributed by atoms with Crippen molar-refractivity contribution in [2.24, 2.45) is 0 Å². The van der Waals surface area contributed by atoms with Crippen LogP contribution >= 0.6 is 11.3 Å². The predicted octanol–water partition coefficient (Wildman–Crippen LogP) is 2.20. The van der Waals surface area contributed by atoms with Gasteiger partial charge in [0.25, 0.3) is 5.91 Å². The summed E-state index contributed by atoms with van der Waals surface area (Å²) in [6, 6.07) is 9.84. The molecule has 0 spiro atoms. The van der Waals surface area contributed by atoms with E-state index in [2.05, 4.69) is 15.3 Å². The minimum absolute atomic E-state index is 0.178. The molecule has 31 heavy (non-hydrogen) atoms. The average Bonchev–Trinajstić information content (AvgIpc) is 3.29. The van der Waals surface area contributed by atoms with Crippen molar-refractivity contribution in [2.45, 2.75) is 11.3 Å². The van der Waals surface area contributed by atoms with E-state index in [4.69, 9.17) is 4.74 Å². The molecule has 1 N–H and O–H groups in total. The topological polar surface area (TPSA) is 101 Å². The number of morpholine rings is 1. The quantitative estimate of drug-likeness (QED) is 0.582. The van der Waals surface area contributed by atoms with Crippen molar-refractivity contribution < 1.29 is 17.9 Å². The van der Waals surface area contributed by atoms with E-state index in [9.17, 15) is 13.2 Å². The van der Waals surface area contributed by atoms with E-state index in [-0.39, 0.29) is 10.8 Å². The summed E-state index contributed by atoms with van der Waals surface area (Å²) in [5.74, 6) is -0.250. The number of nitrogens with one attached hydrogen (secondary N) is 1. The molecule has 3 aromatic rings. The number of hydrogen-bond acceptors (Lipinski definition) is 7. The molecular weight excluding hydrogens is 436 g/mol. The summed E-state index contributed by atoms with van der Waals surface area (Å²) in [7, 11) is -3.57. The lowest BCUT2D eigenvalue weighted by Crippen LogP contribution is -2.40. The van der Waals surface area contributed by atoms with Crippen molar-refractivity contribution in [1.29, 1.82) is 0 Å². The van der Waals surface area contributed by atoms with Gasteiger partial charge >= 0.3 is 0 Å². The van der Waals surface area contributed by atoms with E-state index in [0.717, 1.165) is 16.3 Å². The fourth-order valence-electron chi connectivity index (χ4n) is 3.17. The van der Waals surface area contributed by atoms with Crippen LogP contribution < -0.4 is 5.32 Å². The fraction of sp³-hybridized carbons (Fsp3) is 0.286. The van der Waals surface area contributed by atoms with Gasteiger partial charge < -0.3 is 10.1 Å². The third-order valence-electron chi connectivity index (χ3n) is 4.87. The zero-order valence-corrected chi connectivity index (χ0v) is 18.4. The number of rotatable bonds is 7. The number of ether oxygens (including phenoxy) is 1. The van der Waals surface area contributed by atoms with Crippen molar-refractivity contribution in [3.63, 3.8) is 0 Å². The first-order valence-corrected chi connectivity index (χ1v) is 12.2.